The van der Waals surface area contributed by atoms with Gasteiger partial charge in [-0.05, 0) is 23.8 Å². The molecule has 1 aromatic carbocycles. The van der Waals surface area contributed by atoms with Gasteiger partial charge < -0.3 is 4.74 Å². The lowest BCUT2D eigenvalue weighted by molar-refractivity contribution is 0.415. The monoisotopic (exact) mass is 290 g/mol. The molecule has 0 heterocycles. The fourth-order valence-corrected chi connectivity index (χ4v) is 4.23. The highest BCUT2D eigenvalue weighted by Crippen LogP contribution is 2.19. The molecular weight excluding hydrogens is 276 g/mol. The molecule has 0 radical (unpaired) electrons. The second kappa shape index (κ2) is 5.11. The summed E-state index contributed by atoms with van der Waals surface area (Å²) in [6.45, 7) is 0. The Morgan fingerprint density at radius 3 is 1.78 bits per heavy atom. The van der Waals surface area contributed by atoms with Crippen LogP contribution in [0.3, 0.4) is 0 Å². The highest BCUT2D eigenvalue weighted by Gasteiger charge is 2.22. The number of methoxy groups -OCH3 is 1. The van der Waals surface area contributed by atoms with E-state index in [1.807, 2.05) is 0 Å². The summed E-state index contributed by atoms with van der Waals surface area (Å²) >= 11 is 0. The van der Waals surface area contributed by atoms with Crippen molar-refractivity contribution in [1.82, 2.24) is 0 Å². The minimum atomic E-state index is -3.79. The van der Waals surface area contributed by atoms with Gasteiger partial charge >= 0.3 is 0 Å². The molecule has 0 atom stereocenters. The van der Waals surface area contributed by atoms with E-state index in [4.69, 9.17) is 4.74 Å². The first-order chi connectivity index (χ1) is 8.14. The van der Waals surface area contributed by atoms with Crippen LogP contribution in [0.1, 0.15) is 5.56 Å². The fourth-order valence-electron chi connectivity index (χ4n) is 1.33. The van der Waals surface area contributed by atoms with Crippen molar-refractivity contribution in [2.75, 3.05) is 19.6 Å². The molecule has 0 aliphatic carbocycles. The Bertz CT molecular complexity index is 618. The zero-order valence-corrected chi connectivity index (χ0v) is 11.9. The minimum absolute atomic E-state index is 0.474. The summed E-state index contributed by atoms with van der Waals surface area (Å²) in [6, 6.07) is 6.40. The average molecular weight is 290 g/mol. The number of sulfone groups is 2. The van der Waals surface area contributed by atoms with Crippen molar-refractivity contribution in [1.29, 1.82) is 0 Å². The van der Waals surface area contributed by atoms with Crippen molar-refractivity contribution in [3.63, 3.8) is 0 Å². The smallest absolute Gasteiger partial charge is 0.186 e. The summed E-state index contributed by atoms with van der Waals surface area (Å²) in [7, 11) is -6.09. The van der Waals surface area contributed by atoms with Gasteiger partial charge in [-0.15, -0.1) is 0 Å². The van der Waals surface area contributed by atoms with Crippen LogP contribution < -0.4 is 4.74 Å². The Morgan fingerprint density at radius 2 is 1.44 bits per heavy atom. The van der Waals surface area contributed by atoms with E-state index in [9.17, 15) is 16.8 Å². The first-order valence-corrected chi connectivity index (χ1v) is 8.69. The molecule has 1 aromatic rings. The second-order valence-corrected chi connectivity index (χ2v) is 8.01. The second-order valence-electron chi connectivity index (χ2n) is 3.78. The fraction of sp³-hybridized carbons (Fsp3) is 0.273. The van der Waals surface area contributed by atoms with E-state index in [2.05, 4.69) is 0 Å². The van der Waals surface area contributed by atoms with Gasteiger partial charge in [0.1, 0.15) is 5.75 Å². The van der Waals surface area contributed by atoms with Crippen molar-refractivity contribution >= 4 is 25.8 Å². The van der Waals surface area contributed by atoms with Crippen LogP contribution >= 0.6 is 0 Å². The van der Waals surface area contributed by atoms with Crippen LogP contribution in [-0.4, -0.2) is 36.5 Å². The molecule has 0 unspecified atom stereocenters. The lowest BCUT2D eigenvalue weighted by Gasteiger charge is -2.04. The van der Waals surface area contributed by atoms with E-state index in [1.165, 1.54) is 7.11 Å². The topological polar surface area (TPSA) is 77.5 Å². The molecule has 0 aromatic heterocycles. The molecule has 0 N–H and O–H groups in total. The van der Waals surface area contributed by atoms with E-state index in [0.717, 1.165) is 18.6 Å². The normalized spacial score (nSPS) is 11.9. The molecule has 0 amide bonds. The molecule has 0 saturated carbocycles. The zero-order valence-electron chi connectivity index (χ0n) is 10.2. The first kappa shape index (κ1) is 14.7. The summed E-state index contributed by atoms with van der Waals surface area (Å²) in [5.41, 5.74) is 0.474. The molecule has 0 aliphatic rings. The third-order valence-electron chi connectivity index (χ3n) is 2.13. The Balaban J connectivity index is 3.34. The highest BCUT2D eigenvalue weighted by atomic mass is 32.3. The van der Waals surface area contributed by atoms with Crippen LogP contribution in [0.2, 0.25) is 0 Å². The van der Waals surface area contributed by atoms with Crippen molar-refractivity contribution in [3.05, 3.63) is 34.1 Å². The van der Waals surface area contributed by atoms with Crippen LogP contribution in [-0.2, 0) is 19.7 Å². The Morgan fingerprint density at radius 1 is 1.00 bits per heavy atom. The van der Waals surface area contributed by atoms with Crippen LogP contribution in [0.5, 0.6) is 5.75 Å². The van der Waals surface area contributed by atoms with E-state index >= 15 is 0 Å². The van der Waals surface area contributed by atoms with Crippen molar-refractivity contribution in [2.24, 2.45) is 0 Å². The van der Waals surface area contributed by atoms with Crippen LogP contribution in [0, 0.1) is 0 Å². The number of ether oxygens (including phenoxy) is 1. The third-order valence-corrected chi connectivity index (χ3v) is 5.65. The predicted molar refractivity (Wildman–Crippen MR) is 70.7 cm³/mol. The molecule has 1 rings (SSSR count). The predicted octanol–water partition coefficient (Wildman–Crippen LogP) is 1.08. The quantitative estimate of drug-likeness (QED) is 0.829. The standard InChI is InChI=1S/C11H14O5S2/c1-16-10-6-4-9(5-7-10)8-11(17(2,12)13)18(3,14)15/h4-8H,1-3H3. The lowest BCUT2D eigenvalue weighted by Crippen LogP contribution is -2.11. The molecule has 18 heavy (non-hydrogen) atoms. The molecule has 0 aliphatic heterocycles. The van der Waals surface area contributed by atoms with Gasteiger partial charge in [-0.3, -0.25) is 0 Å². The van der Waals surface area contributed by atoms with Crippen molar-refractivity contribution < 1.29 is 21.6 Å². The maximum Gasteiger partial charge on any atom is 0.186 e. The van der Waals surface area contributed by atoms with Crippen LogP contribution in [0.4, 0.5) is 0 Å². The molecule has 100 valence electrons. The van der Waals surface area contributed by atoms with Crippen LogP contribution in [0.25, 0.3) is 6.08 Å². The zero-order chi connectivity index (χ0) is 14.0. The molecular formula is C11H14O5S2. The summed E-state index contributed by atoms with van der Waals surface area (Å²) in [5.74, 6) is 0.604. The highest BCUT2D eigenvalue weighted by molar-refractivity contribution is 8.14. The summed E-state index contributed by atoms with van der Waals surface area (Å²) in [4.78, 5) is 0. The van der Waals surface area contributed by atoms with Gasteiger partial charge in [-0.2, -0.15) is 0 Å². The molecule has 0 saturated heterocycles. The van der Waals surface area contributed by atoms with Gasteiger partial charge in [0.05, 0.1) is 7.11 Å². The summed E-state index contributed by atoms with van der Waals surface area (Å²) in [6.07, 6.45) is 2.86. The Labute approximate surface area is 107 Å². The van der Waals surface area contributed by atoms with E-state index in [1.54, 1.807) is 24.3 Å². The molecule has 5 nitrogen and oxygen atoms in total. The minimum Gasteiger partial charge on any atom is -0.497 e. The van der Waals surface area contributed by atoms with Crippen LogP contribution in [0.15, 0.2) is 28.5 Å². The first-order valence-electron chi connectivity index (χ1n) is 4.90. The maximum absolute atomic E-state index is 11.4. The van der Waals surface area contributed by atoms with E-state index < -0.39 is 23.9 Å². The molecule has 7 heteroatoms. The van der Waals surface area contributed by atoms with Gasteiger partial charge in [0.2, 0.25) is 0 Å². The van der Waals surface area contributed by atoms with Gasteiger partial charge in [-0.25, -0.2) is 16.8 Å². The van der Waals surface area contributed by atoms with E-state index in [-0.39, 0.29) is 0 Å². The maximum atomic E-state index is 11.4. The SMILES string of the molecule is COc1ccc(C=C(S(C)(=O)=O)S(C)(=O)=O)cc1. The molecule has 0 spiro atoms. The number of hydrogen-bond acceptors (Lipinski definition) is 5. The van der Waals surface area contributed by atoms with Gasteiger partial charge in [0.25, 0.3) is 0 Å². The van der Waals surface area contributed by atoms with Gasteiger partial charge in [0, 0.05) is 12.5 Å². The summed E-state index contributed by atoms with van der Waals surface area (Å²) < 4.78 is 50.1. The largest absolute Gasteiger partial charge is 0.497 e. The van der Waals surface area contributed by atoms with Crippen molar-refractivity contribution in [3.8, 4) is 5.75 Å². The third kappa shape index (κ3) is 3.85. The summed E-state index contributed by atoms with van der Waals surface area (Å²) in [5, 5.41) is 0. The number of benzene rings is 1. The number of hydrogen-bond donors (Lipinski definition) is 0. The molecule has 0 bridgehead atoms. The Kier molecular flexibility index (Phi) is 4.18. The van der Waals surface area contributed by atoms with Crippen molar-refractivity contribution in [2.45, 2.75) is 0 Å². The Hall–Kier alpha value is -1.34. The average Bonchev–Trinajstić information content (AvgIpc) is 2.23. The van der Waals surface area contributed by atoms with E-state index in [0.29, 0.717) is 11.3 Å². The molecule has 0 fully saturated rings. The van der Waals surface area contributed by atoms with Gasteiger partial charge in [0.15, 0.2) is 23.9 Å². The van der Waals surface area contributed by atoms with Gasteiger partial charge in [-0.1, -0.05) is 12.1 Å². The lowest BCUT2D eigenvalue weighted by atomic mass is 10.2. The number of rotatable bonds is 4.